The van der Waals surface area contributed by atoms with Gasteiger partial charge < -0.3 is 9.47 Å². The molecule has 0 aromatic rings. The molecule has 0 aromatic heterocycles. The predicted octanol–water partition coefficient (Wildman–Crippen LogP) is 2.11. The van der Waals surface area contributed by atoms with Crippen LogP contribution in [-0.4, -0.2) is 19.3 Å². The van der Waals surface area contributed by atoms with Gasteiger partial charge in [-0.25, -0.2) is 0 Å². The lowest BCUT2D eigenvalue weighted by atomic mass is 10.3. The zero-order chi connectivity index (χ0) is 8.10. The Bertz CT molecular complexity index is 134. The van der Waals surface area contributed by atoms with Crippen molar-refractivity contribution < 1.29 is 9.47 Å². The third-order valence-corrected chi connectivity index (χ3v) is 1.88. The second-order valence-electron chi connectivity index (χ2n) is 2.71. The number of ether oxygens (including phenoxy) is 2. The van der Waals surface area contributed by atoms with Crippen LogP contribution < -0.4 is 0 Å². The highest BCUT2D eigenvalue weighted by atomic mass is 16.5. The number of rotatable bonds is 3. The maximum absolute atomic E-state index is 5.65. The van der Waals surface area contributed by atoms with Crippen molar-refractivity contribution in [1.29, 1.82) is 0 Å². The molecule has 1 rings (SSSR count). The molecule has 1 aliphatic rings. The lowest BCUT2D eigenvalue weighted by Crippen LogP contribution is -2.11. The molecule has 1 saturated heterocycles. The van der Waals surface area contributed by atoms with Crippen LogP contribution in [0.5, 0.6) is 0 Å². The van der Waals surface area contributed by atoms with E-state index < -0.39 is 0 Å². The van der Waals surface area contributed by atoms with Crippen molar-refractivity contribution in [2.45, 2.75) is 32.8 Å². The topological polar surface area (TPSA) is 18.5 Å². The van der Waals surface area contributed by atoms with Gasteiger partial charge in [-0.05, 0) is 13.0 Å². The summed E-state index contributed by atoms with van der Waals surface area (Å²) >= 11 is 0. The van der Waals surface area contributed by atoms with E-state index >= 15 is 0 Å². The number of allylic oxidation sites excluding steroid dienone is 2. The minimum atomic E-state index is 0.307. The molecule has 1 unspecified atom stereocenters. The van der Waals surface area contributed by atoms with E-state index in [9.17, 15) is 0 Å². The van der Waals surface area contributed by atoms with Gasteiger partial charge in [0.2, 0.25) is 0 Å². The highest BCUT2D eigenvalue weighted by Crippen LogP contribution is 2.14. The molecule has 1 fully saturated rings. The monoisotopic (exact) mass is 156 g/mol. The van der Waals surface area contributed by atoms with Crippen LogP contribution in [-0.2, 0) is 9.47 Å². The van der Waals surface area contributed by atoms with Crippen molar-refractivity contribution >= 4 is 0 Å². The third-order valence-electron chi connectivity index (χ3n) is 1.88. The molecule has 0 N–H and O–H groups in total. The molecule has 2 nitrogen and oxygen atoms in total. The molecular weight excluding hydrogens is 140 g/mol. The van der Waals surface area contributed by atoms with Gasteiger partial charge in [0.05, 0.1) is 19.0 Å². The molecule has 0 aromatic carbocycles. The quantitative estimate of drug-likeness (QED) is 0.582. The summed E-state index contributed by atoms with van der Waals surface area (Å²) in [5, 5.41) is 0. The maximum Gasteiger partial charge on any atom is 0.124 e. The summed E-state index contributed by atoms with van der Waals surface area (Å²) in [5.74, 6) is 1.08. The zero-order valence-corrected chi connectivity index (χ0v) is 7.30. The lowest BCUT2D eigenvalue weighted by Gasteiger charge is -2.13. The molecule has 1 heterocycles. The minimum absolute atomic E-state index is 0.307. The van der Waals surface area contributed by atoms with Crippen LogP contribution >= 0.6 is 0 Å². The molecule has 0 bridgehead atoms. The molecule has 2 heteroatoms. The molecule has 0 spiro atoms. The van der Waals surface area contributed by atoms with Gasteiger partial charge in [-0.2, -0.15) is 0 Å². The first-order valence-corrected chi connectivity index (χ1v) is 4.26. The first-order chi connectivity index (χ1) is 5.36. The predicted molar refractivity (Wildman–Crippen MR) is 44.4 cm³/mol. The Hall–Kier alpha value is -0.500. The van der Waals surface area contributed by atoms with Crippen LogP contribution in [0.15, 0.2) is 11.8 Å². The van der Waals surface area contributed by atoms with Crippen LogP contribution in [0.2, 0.25) is 0 Å². The van der Waals surface area contributed by atoms with Crippen molar-refractivity contribution in [1.82, 2.24) is 0 Å². The van der Waals surface area contributed by atoms with Crippen molar-refractivity contribution in [2.75, 3.05) is 13.2 Å². The van der Waals surface area contributed by atoms with E-state index in [0.29, 0.717) is 6.10 Å². The van der Waals surface area contributed by atoms with Crippen molar-refractivity contribution in [3.05, 3.63) is 11.8 Å². The molecule has 0 saturated carbocycles. The molecule has 0 aliphatic carbocycles. The molecule has 1 aliphatic heterocycles. The van der Waals surface area contributed by atoms with Gasteiger partial charge in [-0.1, -0.05) is 6.92 Å². The average molecular weight is 156 g/mol. The highest BCUT2D eigenvalue weighted by Gasteiger charge is 2.16. The minimum Gasteiger partial charge on any atom is -0.493 e. The number of hydrogen-bond acceptors (Lipinski definition) is 2. The van der Waals surface area contributed by atoms with Crippen LogP contribution in [0.3, 0.4) is 0 Å². The first kappa shape index (κ1) is 8.60. The first-order valence-electron chi connectivity index (χ1n) is 4.26. The Kier molecular flexibility index (Phi) is 3.43. The molecule has 11 heavy (non-hydrogen) atoms. The van der Waals surface area contributed by atoms with E-state index in [-0.39, 0.29) is 0 Å². The fourth-order valence-corrected chi connectivity index (χ4v) is 1.18. The summed E-state index contributed by atoms with van der Waals surface area (Å²) in [6, 6.07) is 0. The van der Waals surface area contributed by atoms with E-state index in [2.05, 4.69) is 6.92 Å². The summed E-state index contributed by atoms with van der Waals surface area (Å²) in [7, 11) is 0. The molecule has 1 atom stereocenters. The summed E-state index contributed by atoms with van der Waals surface area (Å²) in [6.07, 6.45) is 4.35. The van der Waals surface area contributed by atoms with E-state index in [1.807, 2.05) is 13.0 Å². The van der Waals surface area contributed by atoms with Crippen molar-refractivity contribution in [3.63, 3.8) is 0 Å². The van der Waals surface area contributed by atoms with Crippen LogP contribution in [0.1, 0.15) is 26.7 Å². The highest BCUT2D eigenvalue weighted by molar-refractivity contribution is 4.90. The molecule has 0 amide bonds. The van der Waals surface area contributed by atoms with Crippen molar-refractivity contribution in [3.8, 4) is 0 Å². The smallest absolute Gasteiger partial charge is 0.124 e. The van der Waals surface area contributed by atoms with E-state index in [4.69, 9.17) is 9.47 Å². The lowest BCUT2D eigenvalue weighted by molar-refractivity contribution is 0.0880. The SMILES string of the molecule is CC=C(CC)OC1CCOC1. The summed E-state index contributed by atoms with van der Waals surface area (Å²) in [6.45, 7) is 5.72. The Balaban J connectivity index is 2.27. The van der Waals surface area contributed by atoms with Crippen LogP contribution in [0.4, 0.5) is 0 Å². The van der Waals surface area contributed by atoms with Gasteiger partial charge in [-0.3, -0.25) is 0 Å². The van der Waals surface area contributed by atoms with Gasteiger partial charge in [-0.15, -0.1) is 0 Å². The van der Waals surface area contributed by atoms with Crippen LogP contribution in [0, 0.1) is 0 Å². The fourth-order valence-electron chi connectivity index (χ4n) is 1.18. The largest absolute Gasteiger partial charge is 0.493 e. The van der Waals surface area contributed by atoms with Gasteiger partial charge in [0.25, 0.3) is 0 Å². The third kappa shape index (κ3) is 2.54. The number of hydrogen-bond donors (Lipinski definition) is 0. The van der Waals surface area contributed by atoms with Gasteiger partial charge in [0, 0.05) is 12.8 Å². The Morgan fingerprint density at radius 1 is 1.73 bits per heavy atom. The Morgan fingerprint density at radius 3 is 3.00 bits per heavy atom. The van der Waals surface area contributed by atoms with Gasteiger partial charge >= 0.3 is 0 Å². The fraction of sp³-hybridized carbons (Fsp3) is 0.778. The second kappa shape index (κ2) is 4.39. The molecule has 64 valence electrons. The zero-order valence-electron chi connectivity index (χ0n) is 7.30. The summed E-state index contributed by atoms with van der Waals surface area (Å²) in [4.78, 5) is 0. The summed E-state index contributed by atoms with van der Waals surface area (Å²) < 4.78 is 10.8. The Morgan fingerprint density at radius 2 is 2.55 bits per heavy atom. The normalized spacial score (nSPS) is 25.6. The van der Waals surface area contributed by atoms with Crippen molar-refractivity contribution in [2.24, 2.45) is 0 Å². The van der Waals surface area contributed by atoms with Gasteiger partial charge in [0.1, 0.15) is 6.10 Å². The van der Waals surface area contributed by atoms with E-state index in [1.54, 1.807) is 0 Å². The summed E-state index contributed by atoms with van der Waals surface area (Å²) in [5.41, 5.74) is 0. The Labute approximate surface area is 68.2 Å². The van der Waals surface area contributed by atoms with E-state index in [0.717, 1.165) is 31.8 Å². The standard InChI is InChI=1S/C9H16O2/c1-3-8(4-2)11-9-5-6-10-7-9/h3,9H,4-7H2,1-2H3. The maximum atomic E-state index is 5.65. The average Bonchev–Trinajstić information content (AvgIpc) is 2.52. The molecular formula is C9H16O2. The molecule has 0 radical (unpaired) electrons. The second-order valence-corrected chi connectivity index (χ2v) is 2.71. The van der Waals surface area contributed by atoms with Crippen LogP contribution in [0.25, 0.3) is 0 Å². The van der Waals surface area contributed by atoms with E-state index in [1.165, 1.54) is 0 Å². The van der Waals surface area contributed by atoms with Gasteiger partial charge in [0.15, 0.2) is 0 Å².